The monoisotopic (exact) mass is 627 g/mol. The van der Waals surface area contributed by atoms with E-state index in [0.717, 1.165) is 39.8 Å². The average Bonchev–Trinajstić information content (AvgIpc) is 3.52. The van der Waals surface area contributed by atoms with Crippen LogP contribution in [0, 0.1) is 0 Å². The van der Waals surface area contributed by atoms with Crippen LogP contribution in [0.15, 0.2) is 200 Å². The zero-order valence-electron chi connectivity index (χ0n) is 26.9. The van der Waals surface area contributed by atoms with Crippen molar-refractivity contribution in [2.75, 3.05) is 9.80 Å². The quantitative estimate of drug-likeness (QED) is 0.174. The van der Waals surface area contributed by atoms with Gasteiger partial charge in [-0.3, -0.25) is 0 Å². The Morgan fingerprint density at radius 2 is 0.776 bits per heavy atom. The van der Waals surface area contributed by atoms with Gasteiger partial charge in [-0.1, -0.05) is 115 Å². The first-order chi connectivity index (χ1) is 24.3. The molecule has 9 rings (SSSR count). The van der Waals surface area contributed by atoms with Crippen molar-refractivity contribution < 1.29 is 0 Å². The summed E-state index contributed by atoms with van der Waals surface area (Å²) in [5.41, 5.74) is 10.2. The van der Waals surface area contributed by atoms with Crippen LogP contribution in [-0.2, 0) is 0 Å². The smallest absolute Gasteiger partial charge is 0.0562 e. The van der Waals surface area contributed by atoms with Crippen molar-refractivity contribution in [1.82, 2.24) is 4.57 Å². The first-order valence-corrected chi connectivity index (χ1v) is 16.7. The van der Waals surface area contributed by atoms with E-state index in [1.54, 1.807) is 0 Å². The lowest BCUT2D eigenvalue weighted by molar-refractivity contribution is 1.18. The number of nitrogens with zero attached hydrogens (tertiary/aromatic N) is 3. The molecule has 0 aliphatic heterocycles. The second-order valence-electron chi connectivity index (χ2n) is 12.2. The molecule has 8 aromatic carbocycles. The second kappa shape index (κ2) is 12.2. The molecule has 0 fully saturated rings. The number of rotatable bonds is 7. The molecular formula is C46H33N3. The normalized spacial score (nSPS) is 11.3. The largest absolute Gasteiger partial charge is 0.311 e. The molecule has 0 spiro atoms. The van der Waals surface area contributed by atoms with E-state index in [9.17, 15) is 0 Å². The van der Waals surface area contributed by atoms with E-state index < -0.39 is 0 Å². The van der Waals surface area contributed by atoms with Crippen LogP contribution < -0.4 is 9.80 Å². The van der Waals surface area contributed by atoms with Gasteiger partial charge in [0.05, 0.1) is 22.4 Å². The molecule has 3 nitrogen and oxygen atoms in total. The van der Waals surface area contributed by atoms with Crippen molar-refractivity contribution in [3.8, 4) is 5.69 Å². The van der Waals surface area contributed by atoms with Crippen LogP contribution in [0.3, 0.4) is 0 Å². The molecule has 0 amide bonds. The molecule has 0 aliphatic rings. The Bertz CT molecular complexity index is 2490. The van der Waals surface area contributed by atoms with Crippen molar-refractivity contribution in [2.24, 2.45) is 0 Å². The Morgan fingerprint density at radius 1 is 0.306 bits per heavy atom. The van der Waals surface area contributed by atoms with E-state index in [4.69, 9.17) is 0 Å². The first kappa shape index (κ1) is 28.6. The van der Waals surface area contributed by atoms with Gasteiger partial charge in [-0.2, -0.15) is 0 Å². The number of hydrogen-bond acceptors (Lipinski definition) is 2. The second-order valence-corrected chi connectivity index (χ2v) is 12.2. The molecule has 232 valence electrons. The van der Waals surface area contributed by atoms with Crippen LogP contribution in [0.25, 0.3) is 38.3 Å². The SMILES string of the molecule is c1ccc(N(c2ccccc2)c2ccc(N(c3cccc4ccccc34)c3cccc4c3c3ccccc3n4-c3ccccc3)cc2)cc1. The number of aromatic nitrogens is 1. The van der Waals surface area contributed by atoms with Gasteiger partial charge in [0.25, 0.3) is 0 Å². The van der Waals surface area contributed by atoms with E-state index in [2.05, 4.69) is 215 Å². The summed E-state index contributed by atoms with van der Waals surface area (Å²) in [4.78, 5) is 4.74. The predicted molar refractivity (Wildman–Crippen MR) is 208 cm³/mol. The third-order valence-electron chi connectivity index (χ3n) is 9.33. The van der Waals surface area contributed by atoms with Gasteiger partial charge in [-0.25, -0.2) is 0 Å². The number of fused-ring (bicyclic) bond motifs is 4. The topological polar surface area (TPSA) is 11.4 Å². The van der Waals surface area contributed by atoms with Gasteiger partial charge in [0.1, 0.15) is 0 Å². The number of para-hydroxylation sites is 4. The molecule has 0 atom stereocenters. The Labute approximate surface area is 286 Å². The molecule has 0 saturated carbocycles. The van der Waals surface area contributed by atoms with Gasteiger partial charge in [-0.05, 0) is 90.3 Å². The van der Waals surface area contributed by atoms with Gasteiger partial charge in [0.2, 0.25) is 0 Å². The van der Waals surface area contributed by atoms with E-state index in [1.807, 2.05) is 0 Å². The van der Waals surface area contributed by atoms with Crippen LogP contribution in [0.5, 0.6) is 0 Å². The molecule has 0 bridgehead atoms. The van der Waals surface area contributed by atoms with Gasteiger partial charge in [-0.15, -0.1) is 0 Å². The minimum atomic E-state index is 1.09. The first-order valence-electron chi connectivity index (χ1n) is 16.7. The lowest BCUT2D eigenvalue weighted by Crippen LogP contribution is -2.12. The molecule has 0 N–H and O–H groups in total. The average molecular weight is 628 g/mol. The van der Waals surface area contributed by atoms with E-state index >= 15 is 0 Å². The molecule has 3 heteroatoms. The van der Waals surface area contributed by atoms with E-state index in [1.165, 1.54) is 32.6 Å². The maximum absolute atomic E-state index is 2.44. The van der Waals surface area contributed by atoms with Crippen molar-refractivity contribution in [2.45, 2.75) is 0 Å². The summed E-state index contributed by atoms with van der Waals surface area (Å²) in [6, 6.07) is 71.5. The van der Waals surface area contributed by atoms with Crippen molar-refractivity contribution in [1.29, 1.82) is 0 Å². The Hall–Kier alpha value is -6.58. The lowest BCUT2D eigenvalue weighted by Gasteiger charge is -2.29. The molecule has 0 radical (unpaired) electrons. The Morgan fingerprint density at radius 3 is 1.47 bits per heavy atom. The fraction of sp³-hybridized carbons (Fsp3) is 0. The predicted octanol–water partition coefficient (Wildman–Crippen LogP) is 12.9. The molecule has 0 unspecified atom stereocenters. The molecule has 9 aromatic rings. The summed E-state index contributed by atoms with van der Waals surface area (Å²) in [7, 11) is 0. The third-order valence-corrected chi connectivity index (χ3v) is 9.33. The van der Waals surface area contributed by atoms with Crippen LogP contribution in [0.1, 0.15) is 0 Å². The van der Waals surface area contributed by atoms with Crippen molar-refractivity contribution >= 4 is 66.7 Å². The van der Waals surface area contributed by atoms with Gasteiger partial charge in [0, 0.05) is 44.6 Å². The van der Waals surface area contributed by atoms with Crippen molar-refractivity contribution in [3.63, 3.8) is 0 Å². The fourth-order valence-corrected chi connectivity index (χ4v) is 7.21. The van der Waals surface area contributed by atoms with E-state index in [-0.39, 0.29) is 0 Å². The molecular weight excluding hydrogens is 595 g/mol. The minimum Gasteiger partial charge on any atom is -0.311 e. The summed E-state index contributed by atoms with van der Waals surface area (Å²) < 4.78 is 2.39. The highest BCUT2D eigenvalue weighted by atomic mass is 15.2. The molecule has 1 heterocycles. The fourth-order valence-electron chi connectivity index (χ4n) is 7.21. The third kappa shape index (κ3) is 5.00. The van der Waals surface area contributed by atoms with Crippen LogP contribution >= 0.6 is 0 Å². The van der Waals surface area contributed by atoms with Gasteiger partial charge < -0.3 is 14.4 Å². The highest BCUT2D eigenvalue weighted by Gasteiger charge is 2.22. The zero-order valence-corrected chi connectivity index (χ0v) is 26.9. The van der Waals surface area contributed by atoms with E-state index in [0.29, 0.717) is 0 Å². The standard InChI is InChI=1S/C46H33N3/c1-4-18-35(19-5-1)47(36-20-6-2-7-21-36)38-30-32-39(33-31-38)49(42-27-14-17-34-16-10-11-24-40(34)42)45-29-15-28-44-46(45)41-25-12-13-26-43(41)48(44)37-22-8-3-9-23-37/h1-33H. The lowest BCUT2D eigenvalue weighted by atomic mass is 10.0. The highest BCUT2D eigenvalue weighted by molar-refractivity contribution is 6.17. The van der Waals surface area contributed by atoms with Crippen LogP contribution in [-0.4, -0.2) is 4.57 Å². The number of hydrogen-bond donors (Lipinski definition) is 0. The van der Waals surface area contributed by atoms with Crippen LogP contribution in [0.4, 0.5) is 34.1 Å². The number of anilines is 6. The van der Waals surface area contributed by atoms with Crippen molar-refractivity contribution in [3.05, 3.63) is 200 Å². The number of benzene rings is 8. The maximum Gasteiger partial charge on any atom is 0.0562 e. The summed E-state index contributed by atoms with van der Waals surface area (Å²) in [6.07, 6.45) is 0. The summed E-state index contributed by atoms with van der Waals surface area (Å²) >= 11 is 0. The zero-order chi connectivity index (χ0) is 32.6. The molecule has 0 aliphatic carbocycles. The van der Waals surface area contributed by atoms with Crippen LogP contribution in [0.2, 0.25) is 0 Å². The minimum absolute atomic E-state index is 1.09. The van der Waals surface area contributed by atoms with Gasteiger partial charge in [0.15, 0.2) is 0 Å². The highest BCUT2D eigenvalue weighted by Crippen LogP contribution is 2.46. The molecule has 1 aromatic heterocycles. The maximum atomic E-state index is 2.44. The molecule has 49 heavy (non-hydrogen) atoms. The summed E-state index contributed by atoms with van der Waals surface area (Å²) in [5, 5.41) is 4.85. The Kier molecular flexibility index (Phi) is 7.14. The molecule has 0 saturated heterocycles. The Balaban J connectivity index is 1.29. The summed E-state index contributed by atoms with van der Waals surface area (Å²) in [5.74, 6) is 0. The van der Waals surface area contributed by atoms with Gasteiger partial charge >= 0.3 is 0 Å². The summed E-state index contributed by atoms with van der Waals surface area (Å²) in [6.45, 7) is 0.